The molecule has 1 aliphatic heterocycles. The first kappa shape index (κ1) is 10.8. The van der Waals surface area contributed by atoms with Crippen molar-refractivity contribution in [3.63, 3.8) is 0 Å². The molecule has 0 bridgehead atoms. The van der Waals surface area contributed by atoms with Crippen LogP contribution in [0.25, 0.3) is 0 Å². The van der Waals surface area contributed by atoms with E-state index >= 15 is 0 Å². The lowest BCUT2D eigenvalue weighted by Crippen LogP contribution is -2.46. The zero-order valence-electron chi connectivity index (χ0n) is 8.53. The summed E-state index contributed by atoms with van der Waals surface area (Å²) in [5.41, 5.74) is 1.14. The van der Waals surface area contributed by atoms with E-state index in [9.17, 15) is 4.79 Å². The normalized spacial score (nSPS) is 15.5. The molecule has 1 heterocycles. The summed E-state index contributed by atoms with van der Waals surface area (Å²) in [7, 11) is 0. The molecule has 2 amide bonds. The van der Waals surface area contributed by atoms with Crippen LogP contribution in [-0.4, -0.2) is 19.1 Å². The van der Waals surface area contributed by atoms with Crippen molar-refractivity contribution in [2.45, 2.75) is 6.42 Å². The molecule has 16 heavy (non-hydrogen) atoms. The van der Waals surface area contributed by atoms with E-state index in [0.717, 1.165) is 12.1 Å². The Bertz CT molecular complexity index is 467. The Morgan fingerprint density at radius 1 is 1.50 bits per heavy atom. The highest BCUT2D eigenvalue weighted by atomic mass is 35.5. The van der Waals surface area contributed by atoms with Gasteiger partial charge in [0.15, 0.2) is 0 Å². The lowest BCUT2D eigenvalue weighted by atomic mass is 10.2. The average molecular weight is 236 g/mol. The second-order valence-corrected chi connectivity index (χ2v) is 3.92. The Balaban J connectivity index is 2.30. The quantitative estimate of drug-likeness (QED) is 0.811. The van der Waals surface area contributed by atoms with E-state index in [1.54, 1.807) is 23.1 Å². The molecule has 0 atom stereocenters. The van der Waals surface area contributed by atoms with Gasteiger partial charge in [-0.3, -0.25) is 4.90 Å². The maximum absolute atomic E-state index is 11.6. The first-order chi connectivity index (χ1) is 7.72. The lowest BCUT2D eigenvalue weighted by molar-refractivity contribution is 0.243. The molecule has 0 saturated carbocycles. The summed E-state index contributed by atoms with van der Waals surface area (Å²) in [5, 5.41) is 11.9. The van der Waals surface area contributed by atoms with Crippen LogP contribution in [0.3, 0.4) is 0 Å². The molecular formula is C11H10ClN3O. The number of anilines is 1. The first-order valence-electron chi connectivity index (χ1n) is 4.97. The van der Waals surface area contributed by atoms with E-state index in [0.29, 0.717) is 23.7 Å². The highest BCUT2D eigenvalue weighted by molar-refractivity contribution is 6.32. The van der Waals surface area contributed by atoms with Crippen LogP contribution in [0.15, 0.2) is 18.2 Å². The average Bonchev–Trinajstić information content (AvgIpc) is 2.29. The van der Waals surface area contributed by atoms with Crippen LogP contribution in [0, 0.1) is 11.3 Å². The molecule has 4 nitrogen and oxygen atoms in total. The van der Waals surface area contributed by atoms with Crippen molar-refractivity contribution < 1.29 is 4.79 Å². The molecule has 1 aromatic rings. The third-order valence-electron chi connectivity index (χ3n) is 2.46. The molecule has 0 unspecified atom stereocenters. The molecule has 0 aromatic heterocycles. The molecule has 1 fully saturated rings. The van der Waals surface area contributed by atoms with Gasteiger partial charge in [0.1, 0.15) is 6.07 Å². The molecule has 1 N–H and O–H groups in total. The summed E-state index contributed by atoms with van der Waals surface area (Å²) in [6, 6.07) is 6.87. The van der Waals surface area contributed by atoms with Crippen molar-refractivity contribution in [2.24, 2.45) is 0 Å². The van der Waals surface area contributed by atoms with E-state index in [2.05, 4.69) is 5.32 Å². The molecule has 0 aliphatic carbocycles. The SMILES string of the molecule is N#Cc1ccc(N2CCCNC2=O)cc1Cl. The summed E-state index contributed by atoms with van der Waals surface area (Å²) in [6.45, 7) is 1.38. The van der Waals surface area contributed by atoms with Crippen LogP contribution < -0.4 is 10.2 Å². The topological polar surface area (TPSA) is 56.1 Å². The summed E-state index contributed by atoms with van der Waals surface area (Å²) in [4.78, 5) is 13.2. The van der Waals surface area contributed by atoms with Gasteiger partial charge in [-0.1, -0.05) is 11.6 Å². The predicted octanol–water partition coefficient (Wildman–Crippen LogP) is 2.13. The highest BCUT2D eigenvalue weighted by Crippen LogP contribution is 2.24. The van der Waals surface area contributed by atoms with E-state index in [4.69, 9.17) is 16.9 Å². The monoisotopic (exact) mass is 235 g/mol. The van der Waals surface area contributed by atoms with Crippen molar-refractivity contribution in [3.8, 4) is 6.07 Å². The zero-order chi connectivity index (χ0) is 11.5. The van der Waals surface area contributed by atoms with Gasteiger partial charge < -0.3 is 5.32 Å². The Morgan fingerprint density at radius 3 is 2.94 bits per heavy atom. The van der Waals surface area contributed by atoms with Crippen LogP contribution in [-0.2, 0) is 0 Å². The van der Waals surface area contributed by atoms with Gasteiger partial charge >= 0.3 is 6.03 Å². The van der Waals surface area contributed by atoms with Crippen LogP contribution >= 0.6 is 11.6 Å². The first-order valence-corrected chi connectivity index (χ1v) is 5.35. The summed E-state index contributed by atoms with van der Waals surface area (Å²) < 4.78 is 0. The number of amides is 2. The van der Waals surface area contributed by atoms with Gasteiger partial charge in [0.25, 0.3) is 0 Å². The molecule has 5 heteroatoms. The van der Waals surface area contributed by atoms with Gasteiger partial charge in [0.05, 0.1) is 10.6 Å². The maximum Gasteiger partial charge on any atom is 0.321 e. The van der Waals surface area contributed by atoms with E-state index < -0.39 is 0 Å². The van der Waals surface area contributed by atoms with Gasteiger partial charge in [0.2, 0.25) is 0 Å². The minimum atomic E-state index is -0.118. The van der Waals surface area contributed by atoms with E-state index in [1.165, 1.54) is 0 Å². The smallest absolute Gasteiger partial charge is 0.321 e. The number of rotatable bonds is 1. The number of nitrogens with zero attached hydrogens (tertiary/aromatic N) is 2. The van der Waals surface area contributed by atoms with Crippen molar-refractivity contribution in [1.29, 1.82) is 5.26 Å². The second kappa shape index (κ2) is 4.42. The predicted molar refractivity (Wildman–Crippen MR) is 61.5 cm³/mol. The number of nitriles is 1. The minimum Gasteiger partial charge on any atom is -0.338 e. The molecule has 2 rings (SSSR count). The summed E-state index contributed by atoms with van der Waals surface area (Å²) in [5.74, 6) is 0. The van der Waals surface area contributed by atoms with Crippen molar-refractivity contribution >= 4 is 23.3 Å². The number of carbonyl (C=O) groups excluding carboxylic acids is 1. The minimum absolute atomic E-state index is 0.118. The number of hydrogen-bond acceptors (Lipinski definition) is 2. The number of halogens is 1. The number of nitrogens with one attached hydrogen (secondary N) is 1. The number of hydrogen-bond donors (Lipinski definition) is 1. The standard InChI is InChI=1S/C11H10ClN3O/c12-10-6-9(3-2-8(10)7-13)15-5-1-4-14-11(15)16/h2-3,6H,1,4-5H2,(H,14,16). The Morgan fingerprint density at radius 2 is 2.31 bits per heavy atom. The Kier molecular flexibility index (Phi) is 2.97. The van der Waals surface area contributed by atoms with Gasteiger partial charge in [-0.25, -0.2) is 4.79 Å². The molecule has 82 valence electrons. The lowest BCUT2D eigenvalue weighted by Gasteiger charge is -2.27. The van der Waals surface area contributed by atoms with Crippen LogP contribution in [0.5, 0.6) is 0 Å². The van der Waals surface area contributed by atoms with Crippen molar-refractivity contribution in [2.75, 3.05) is 18.0 Å². The van der Waals surface area contributed by atoms with Gasteiger partial charge in [0, 0.05) is 18.8 Å². The zero-order valence-corrected chi connectivity index (χ0v) is 9.29. The van der Waals surface area contributed by atoms with Gasteiger partial charge in [-0.2, -0.15) is 5.26 Å². The summed E-state index contributed by atoms with van der Waals surface area (Å²) in [6.07, 6.45) is 0.906. The van der Waals surface area contributed by atoms with E-state index in [1.807, 2.05) is 6.07 Å². The number of carbonyl (C=O) groups is 1. The summed E-state index contributed by atoms with van der Waals surface area (Å²) >= 11 is 5.92. The second-order valence-electron chi connectivity index (χ2n) is 3.51. The third-order valence-corrected chi connectivity index (χ3v) is 2.78. The van der Waals surface area contributed by atoms with E-state index in [-0.39, 0.29) is 6.03 Å². The maximum atomic E-state index is 11.6. The van der Waals surface area contributed by atoms with Crippen LogP contribution in [0.2, 0.25) is 5.02 Å². The molecule has 1 saturated heterocycles. The third kappa shape index (κ3) is 1.95. The molecular weight excluding hydrogens is 226 g/mol. The molecule has 0 spiro atoms. The van der Waals surface area contributed by atoms with Crippen molar-refractivity contribution in [1.82, 2.24) is 5.32 Å². The molecule has 1 aliphatic rings. The fourth-order valence-corrected chi connectivity index (χ4v) is 1.86. The fourth-order valence-electron chi connectivity index (χ4n) is 1.64. The largest absolute Gasteiger partial charge is 0.338 e. The molecule has 1 aromatic carbocycles. The highest BCUT2D eigenvalue weighted by Gasteiger charge is 2.19. The van der Waals surface area contributed by atoms with Gasteiger partial charge in [-0.05, 0) is 24.6 Å². The number of benzene rings is 1. The Hall–Kier alpha value is -1.73. The van der Waals surface area contributed by atoms with Gasteiger partial charge in [-0.15, -0.1) is 0 Å². The molecule has 0 radical (unpaired) electrons. The number of urea groups is 1. The Labute approximate surface area is 98.4 Å². The van der Waals surface area contributed by atoms with Crippen LogP contribution in [0.4, 0.5) is 10.5 Å². The van der Waals surface area contributed by atoms with Crippen molar-refractivity contribution in [3.05, 3.63) is 28.8 Å². The van der Waals surface area contributed by atoms with Crippen LogP contribution in [0.1, 0.15) is 12.0 Å². The fraction of sp³-hybridized carbons (Fsp3) is 0.273.